The molecule has 0 unspecified atom stereocenters. The van der Waals surface area contributed by atoms with Crippen LogP contribution in [0, 0.1) is 5.41 Å². The van der Waals surface area contributed by atoms with E-state index in [9.17, 15) is 18.4 Å². The van der Waals surface area contributed by atoms with Crippen LogP contribution in [-0.2, 0) is 12.0 Å². The van der Waals surface area contributed by atoms with Gasteiger partial charge in [-0.25, -0.2) is 13.6 Å². The maximum Gasteiger partial charge on any atom is 0.328 e. The molecule has 0 bridgehead atoms. The number of halogens is 2. The molecule has 0 aliphatic heterocycles. The van der Waals surface area contributed by atoms with Crippen molar-refractivity contribution >= 4 is 0 Å². The second kappa shape index (κ2) is 5.32. The lowest BCUT2D eigenvalue weighted by molar-refractivity contribution is -0.214. The highest BCUT2D eigenvalue weighted by molar-refractivity contribution is 5.51. The number of hydrogen-bond donors (Lipinski definition) is 2. The van der Waals surface area contributed by atoms with Crippen LogP contribution in [0.5, 0.6) is 0 Å². The predicted octanol–water partition coefficient (Wildman–Crippen LogP) is 1.05. The minimum atomic E-state index is -2.57. The maximum absolute atomic E-state index is 13.2. The number of aliphatic hydroxyl groups is 1. The Morgan fingerprint density at radius 3 is 2.62 bits per heavy atom. The molecule has 0 radical (unpaired) electrons. The van der Waals surface area contributed by atoms with Gasteiger partial charge in [0.25, 0.3) is 5.56 Å². The van der Waals surface area contributed by atoms with E-state index in [-0.39, 0.29) is 42.8 Å². The first-order valence-corrected chi connectivity index (χ1v) is 8.33. The number of aromatic amines is 1. The molecular weight excluding hydrogens is 350 g/mol. The Labute approximate surface area is 145 Å². The predicted molar refractivity (Wildman–Crippen MR) is 84.9 cm³/mol. The molecule has 8 nitrogen and oxygen atoms in total. The van der Waals surface area contributed by atoms with Gasteiger partial charge in [-0.05, 0) is 18.3 Å². The zero-order valence-electron chi connectivity index (χ0n) is 14.1. The van der Waals surface area contributed by atoms with E-state index >= 15 is 0 Å². The van der Waals surface area contributed by atoms with Gasteiger partial charge in [-0.1, -0.05) is 12.1 Å². The van der Waals surface area contributed by atoms with Crippen LogP contribution in [0.15, 0.2) is 20.3 Å². The lowest BCUT2D eigenvalue weighted by atomic mass is 9.44. The molecule has 2 aromatic rings. The molecule has 1 spiro atoms. The van der Waals surface area contributed by atoms with E-state index < -0.39 is 22.6 Å². The van der Waals surface area contributed by atoms with E-state index in [2.05, 4.69) is 15.1 Å². The third-order valence-corrected chi connectivity index (χ3v) is 5.33. The van der Waals surface area contributed by atoms with Crippen molar-refractivity contribution in [3.63, 3.8) is 0 Å². The summed E-state index contributed by atoms with van der Waals surface area (Å²) in [6, 6.07) is 0. The summed E-state index contributed by atoms with van der Waals surface area (Å²) < 4.78 is 32.8. The summed E-state index contributed by atoms with van der Waals surface area (Å²) >= 11 is 0. The second-order valence-corrected chi connectivity index (χ2v) is 7.77. The highest BCUT2D eigenvalue weighted by Gasteiger charge is 2.67. The number of nitrogens with zero attached hydrogens (tertiary/aromatic N) is 3. The Bertz CT molecular complexity index is 961. The number of aliphatic hydroxyl groups excluding tert-OH is 1. The molecule has 26 heavy (non-hydrogen) atoms. The van der Waals surface area contributed by atoms with E-state index in [1.165, 1.54) is 6.20 Å². The van der Waals surface area contributed by atoms with Gasteiger partial charge in [0.05, 0.1) is 13.2 Å². The van der Waals surface area contributed by atoms with Gasteiger partial charge in [0.1, 0.15) is 5.56 Å². The largest absolute Gasteiger partial charge is 0.395 e. The van der Waals surface area contributed by atoms with Crippen molar-refractivity contribution in [2.45, 2.75) is 50.5 Å². The fourth-order valence-electron chi connectivity index (χ4n) is 4.57. The summed E-state index contributed by atoms with van der Waals surface area (Å²) in [5.74, 6) is -2.25. The molecule has 2 N–H and O–H groups in total. The van der Waals surface area contributed by atoms with Crippen molar-refractivity contribution < 1.29 is 18.4 Å². The number of H-pyrrole nitrogens is 1. The van der Waals surface area contributed by atoms with Crippen LogP contribution < -0.4 is 11.2 Å². The quantitative estimate of drug-likeness (QED) is 0.834. The monoisotopic (exact) mass is 368 g/mol. The average Bonchev–Trinajstić information content (AvgIpc) is 2.96. The lowest BCUT2D eigenvalue weighted by Gasteiger charge is -2.60. The molecule has 0 atom stereocenters. The number of hydrogen-bond acceptors (Lipinski definition) is 6. The summed E-state index contributed by atoms with van der Waals surface area (Å²) in [7, 11) is 0. The Kier molecular flexibility index (Phi) is 3.49. The average molecular weight is 368 g/mol. The third kappa shape index (κ3) is 2.59. The van der Waals surface area contributed by atoms with E-state index in [1.807, 2.05) is 6.92 Å². The lowest BCUT2D eigenvalue weighted by Crippen LogP contribution is -2.59. The summed E-state index contributed by atoms with van der Waals surface area (Å²) in [5, 5.41) is 12.8. The van der Waals surface area contributed by atoms with Crippen LogP contribution in [0.3, 0.4) is 0 Å². The first-order chi connectivity index (χ1) is 12.2. The van der Waals surface area contributed by atoms with Gasteiger partial charge >= 0.3 is 5.69 Å². The molecule has 0 amide bonds. The molecule has 2 heterocycles. The Hall–Kier alpha value is -2.36. The summed E-state index contributed by atoms with van der Waals surface area (Å²) in [6.07, 6.45) is 2.13. The van der Waals surface area contributed by atoms with Crippen LogP contribution in [-0.4, -0.2) is 37.3 Å². The van der Waals surface area contributed by atoms with Crippen LogP contribution in [0.4, 0.5) is 8.78 Å². The topological polar surface area (TPSA) is 114 Å². The minimum absolute atomic E-state index is 0.0156. The number of nitrogens with one attached hydrogen (secondary N) is 1. The number of alkyl halides is 2. The van der Waals surface area contributed by atoms with Crippen molar-refractivity contribution in [2.24, 2.45) is 5.41 Å². The molecule has 140 valence electrons. The molecular formula is C16H18F2N4O4. The molecule has 2 saturated carbocycles. The maximum atomic E-state index is 13.2. The number of aromatic nitrogens is 4. The Balaban J connectivity index is 1.59. The van der Waals surface area contributed by atoms with E-state index in [0.717, 1.165) is 4.57 Å². The SMILES string of the molecule is CC1(c2nc(-c3cn(CCO)c(=O)[nH]c3=O)no2)CC2(CC(F)(F)C2)C1. The molecule has 0 aromatic carbocycles. The zero-order valence-corrected chi connectivity index (χ0v) is 14.1. The van der Waals surface area contributed by atoms with Gasteiger partial charge in [-0.2, -0.15) is 4.98 Å². The molecule has 2 aliphatic rings. The highest BCUT2D eigenvalue weighted by atomic mass is 19.3. The van der Waals surface area contributed by atoms with Gasteiger partial charge in [0, 0.05) is 24.5 Å². The molecule has 2 aromatic heterocycles. The van der Waals surface area contributed by atoms with Crippen LogP contribution in [0.2, 0.25) is 0 Å². The Morgan fingerprint density at radius 1 is 1.31 bits per heavy atom. The highest BCUT2D eigenvalue weighted by Crippen LogP contribution is 2.68. The van der Waals surface area contributed by atoms with Crippen LogP contribution >= 0.6 is 0 Å². The third-order valence-electron chi connectivity index (χ3n) is 5.33. The fourth-order valence-corrected chi connectivity index (χ4v) is 4.57. The number of rotatable bonds is 4. The molecule has 2 aliphatic carbocycles. The first kappa shape index (κ1) is 17.1. The standard InChI is InChI=1S/C16H18F2N4O4/c1-14(5-15(6-14)7-16(17,18)8-15)12-19-10(21-26-12)9-4-22(2-3-23)13(25)20-11(9)24/h4,23H,2-3,5-8H2,1H3,(H,20,24,25). The summed E-state index contributed by atoms with van der Waals surface area (Å²) in [4.78, 5) is 30.1. The smallest absolute Gasteiger partial charge is 0.328 e. The van der Waals surface area contributed by atoms with Gasteiger partial charge in [-0.3, -0.25) is 14.3 Å². The van der Waals surface area contributed by atoms with Gasteiger partial charge in [0.2, 0.25) is 17.6 Å². The van der Waals surface area contributed by atoms with Crippen molar-refractivity contribution in [1.29, 1.82) is 0 Å². The first-order valence-electron chi connectivity index (χ1n) is 8.33. The van der Waals surface area contributed by atoms with E-state index in [4.69, 9.17) is 9.63 Å². The van der Waals surface area contributed by atoms with Crippen molar-refractivity contribution in [2.75, 3.05) is 6.61 Å². The molecule has 4 rings (SSSR count). The van der Waals surface area contributed by atoms with Gasteiger partial charge < -0.3 is 9.63 Å². The van der Waals surface area contributed by atoms with E-state index in [1.54, 1.807) is 0 Å². The van der Waals surface area contributed by atoms with Crippen molar-refractivity contribution in [3.05, 3.63) is 32.9 Å². The zero-order chi connectivity index (χ0) is 18.7. The summed E-state index contributed by atoms with van der Waals surface area (Å²) in [6.45, 7) is 1.62. The minimum Gasteiger partial charge on any atom is -0.395 e. The Morgan fingerprint density at radius 2 is 2.00 bits per heavy atom. The van der Waals surface area contributed by atoms with Gasteiger partial charge in [0.15, 0.2) is 0 Å². The van der Waals surface area contributed by atoms with Crippen molar-refractivity contribution in [1.82, 2.24) is 19.7 Å². The fraction of sp³-hybridized carbons (Fsp3) is 0.625. The molecule has 0 saturated heterocycles. The molecule has 10 heteroatoms. The normalized spacial score (nSPS) is 22.0. The van der Waals surface area contributed by atoms with Crippen molar-refractivity contribution in [3.8, 4) is 11.4 Å². The summed E-state index contributed by atoms with van der Waals surface area (Å²) in [5.41, 5.74) is -2.10. The van der Waals surface area contributed by atoms with Crippen LogP contribution in [0.25, 0.3) is 11.4 Å². The second-order valence-electron chi connectivity index (χ2n) is 7.77. The molecule has 2 fully saturated rings. The van der Waals surface area contributed by atoms with E-state index in [0.29, 0.717) is 18.7 Å². The van der Waals surface area contributed by atoms with Gasteiger partial charge in [-0.15, -0.1) is 0 Å². The van der Waals surface area contributed by atoms with Crippen LogP contribution in [0.1, 0.15) is 38.5 Å².